The number of nitrogens with two attached hydrogens (primary N) is 1. The van der Waals surface area contributed by atoms with Crippen LogP contribution in [0.15, 0.2) is 24.3 Å². The number of rotatable bonds is 2. The van der Waals surface area contributed by atoms with E-state index in [2.05, 4.69) is 0 Å². The molecule has 2 N–H and O–H groups in total. The van der Waals surface area contributed by atoms with Crippen LogP contribution in [0.4, 0.5) is 4.39 Å². The zero-order valence-electron chi connectivity index (χ0n) is 7.29. The average molecular weight is 181 g/mol. The van der Waals surface area contributed by atoms with Gasteiger partial charge < -0.3 is 10.5 Å². The first-order chi connectivity index (χ1) is 6.28. The molecule has 2 rings (SSSR count). The molecule has 0 bridgehead atoms. The van der Waals surface area contributed by atoms with Gasteiger partial charge in [-0.2, -0.15) is 0 Å². The normalized spacial score (nSPS) is 19.5. The summed E-state index contributed by atoms with van der Waals surface area (Å²) in [5.74, 6) is -0.184. The standard InChI is InChI=1S/C10H12FNO/c11-9-4-2-1-3-8(9)10(5-12)6-13-7-10/h1-4H,5-7,12H2. The lowest BCUT2D eigenvalue weighted by Gasteiger charge is -2.41. The fraction of sp³-hybridized carbons (Fsp3) is 0.400. The molecule has 3 heteroatoms. The largest absolute Gasteiger partial charge is 0.379 e. The molecule has 1 saturated heterocycles. The molecule has 0 radical (unpaired) electrons. The van der Waals surface area contributed by atoms with E-state index in [-0.39, 0.29) is 11.2 Å². The van der Waals surface area contributed by atoms with Gasteiger partial charge in [0.05, 0.1) is 18.6 Å². The molecule has 1 aliphatic heterocycles. The summed E-state index contributed by atoms with van der Waals surface area (Å²) in [6.07, 6.45) is 0. The molecule has 1 heterocycles. The van der Waals surface area contributed by atoms with Crippen LogP contribution in [0, 0.1) is 5.82 Å². The van der Waals surface area contributed by atoms with Gasteiger partial charge in [0.1, 0.15) is 5.82 Å². The van der Waals surface area contributed by atoms with Crippen LogP contribution in [0.25, 0.3) is 0 Å². The number of benzene rings is 1. The summed E-state index contributed by atoms with van der Waals surface area (Å²) >= 11 is 0. The molecule has 0 atom stereocenters. The van der Waals surface area contributed by atoms with Crippen LogP contribution in [0.1, 0.15) is 5.56 Å². The number of halogens is 1. The molecular weight excluding hydrogens is 169 g/mol. The molecule has 1 fully saturated rings. The maximum Gasteiger partial charge on any atom is 0.127 e. The number of ether oxygens (including phenoxy) is 1. The summed E-state index contributed by atoms with van der Waals surface area (Å²) < 4.78 is 18.5. The van der Waals surface area contributed by atoms with E-state index in [0.29, 0.717) is 25.3 Å². The van der Waals surface area contributed by atoms with Crippen LogP contribution < -0.4 is 5.73 Å². The summed E-state index contributed by atoms with van der Waals surface area (Å²) in [5.41, 5.74) is 6.03. The SMILES string of the molecule is NCC1(c2ccccc2F)COC1. The molecular formula is C10H12FNO. The van der Waals surface area contributed by atoms with Gasteiger partial charge in [0.2, 0.25) is 0 Å². The molecule has 0 aromatic heterocycles. The molecule has 1 aliphatic rings. The fourth-order valence-corrected chi connectivity index (χ4v) is 1.62. The van der Waals surface area contributed by atoms with Crippen molar-refractivity contribution in [2.45, 2.75) is 5.41 Å². The molecule has 0 spiro atoms. The molecule has 1 aromatic carbocycles. The van der Waals surface area contributed by atoms with Gasteiger partial charge >= 0.3 is 0 Å². The summed E-state index contributed by atoms with van der Waals surface area (Å²) in [7, 11) is 0. The van der Waals surface area contributed by atoms with E-state index in [1.807, 2.05) is 6.07 Å². The summed E-state index contributed by atoms with van der Waals surface area (Å²) in [6.45, 7) is 1.50. The van der Waals surface area contributed by atoms with Gasteiger partial charge in [0.15, 0.2) is 0 Å². The minimum absolute atomic E-state index is 0.184. The van der Waals surface area contributed by atoms with Crippen molar-refractivity contribution < 1.29 is 9.13 Å². The maximum absolute atomic E-state index is 13.4. The second-order valence-corrected chi connectivity index (χ2v) is 3.46. The van der Waals surface area contributed by atoms with Gasteiger partial charge in [0.25, 0.3) is 0 Å². The zero-order chi connectivity index (χ0) is 9.31. The Morgan fingerprint density at radius 1 is 1.38 bits per heavy atom. The summed E-state index contributed by atoms with van der Waals surface area (Å²) in [6, 6.07) is 6.76. The van der Waals surface area contributed by atoms with Crippen molar-refractivity contribution >= 4 is 0 Å². The van der Waals surface area contributed by atoms with E-state index in [1.54, 1.807) is 12.1 Å². The third kappa shape index (κ3) is 1.24. The minimum Gasteiger partial charge on any atom is -0.379 e. The smallest absolute Gasteiger partial charge is 0.127 e. The Labute approximate surface area is 76.5 Å². The van der Waals surface area contributed by atoms with Crippen molar-refractivity contribution in [3.63, 3.8) is 0 Å². The first kappa shape index (κ1) is 8.66. The quantitative estimate of drug-likeness (QED) is 0.740. The van der Waals surface area contributed by atoms with Crippen molar-refractivity contribution in [3.05, 3.63) is 35.6 Å². The van der Waals surface area contributed by atoms with E-state index in [0.717, 1.165) is 0 Å². The topological polar surface area (TPSA) is 35.2 Å². The zero-order valence-corrected chi connectivity index (χ0v) is 7.29. The third-order valence-electron chi connectivity index (χ3n) is 2.59. The first-order valence-corrected chi connectivity index (χ1v) is 4.31. The Morgan fingerprint density at radius 3 is 2.54 bits per heavy atom. The third-order valence-corrected chi connectivity index (χ3v) is 2.59. The van der Waals surface area contributed by atoms with Gasteiger partial charge in [-0.1, -0.05) is 18.2 Å². The average Bonchev–Trinajstić information content (AvgIpc) is 2.07. The second-order valence-electron chi connectivity index (χ2n) is 3.46. The minimum atomic E-state index is -0.272. The Morgan fingerprint density at radius 2 is 2.08 bits per heavy atom. The second kappa shape index (κ2) is 3.09. The Balaban J connectivity index is 2.38. The Hall–Kier alpha value is -0.930. The Bertz CT molecular complexity index is 304. The van der Waals surface area contributed by atoms with Crippen LogP contribution in [0.3, 0.4) is 0 Å². The highest BCUT2D eigenvalue weighted by Crippen LogP contribution is 2.32. The van der Waals surface area contributed by atoms with Gasteiger partial charge in [-0.05, 0) is 11.6 Å². The molecule has 0 aliphatic carbocycles. The van der Waals surface area contributed by atoms with E-state index < -0.39 is 0 Å². The highest BCUT2D eigenvalue weighted by molar-refractivity contribution is 5.30. The highest BCUT2D eigenvalue weighted by atomic mass is 19.1. The van der Waals surface area contributed by atoms with Crippen molar-refractivity contribution in [1.82, 2.24) is 0 Å². The lowest BCUT2D eigenvalue weighted by molar-refractivity contribution is -0.0566. The lowest BCUT2D eigenvalue weighted by Crippen LogP contribution is -2.52. The van der Waals surface area contributed by atoms with Gasteiger partial charge in [-0.25, -0.2) is 4.39 Å². The predicted octanol–water partition coefficient (Wildman–Crippen LogP) is 1.05. The molecule has 70 valence electrons. The molecule has 0 amide bonds. The van der Waals surface area contributed by atoms with Gasteiger partial charge in [-0.15, -0.1) is 0 Å². The Kier molecular flexibility index (Phi) is 2.06. The lowest BCUT2D eigenvalue weighted by atomic mass is 9.78. The van der Waals surface area contributed by atoms with E-state index in [1.165, 1.54) is 6.07 Å². The number of hydrogen-bond acceptors (Lipinski definition) is 2. The van der Waals surface area contributed by atoms with Crippen molar-refractivity contribution in [2.24, 2.45) is 5.73 Å². The summed E-state index contributed by atoms with van der Waals surface area (Å²) in [4.78, 5) is 0. The van der Waals surface area contributed by atoms with Gasteiger partial charge in [0, 0.05) is 6.54 Å². The summed E-state index contributed by atoms with van der Waals surface area (Å²) in [5, 5.41) is 0. The highest BCUT2D eigenvalue weighted by Gasteiger charge is 2.40. The van der Waals surface area contributed by atoms with E-state index in [9.17, 15) is 4.39 Å². The van der Waals surface area contributed by atoms with Crippen LogP contribution in [0.5, 0.6) is 0 Å². The van der Waals surface area contributed by atoms with Crippen molar-refractivity contribution in [2.75, 3.05) is 19.8 Å². The molecule has 0 saturated carbocycles. The van der Waals surface area contributed by atoms with E-state index in [4.69, 9.17) is 10.5 Å². The first-order valence-electron chi connectivity index (χ1n) is 4.31. The predicted molar refractivity (Wildman–Crippen MR) is 48.0 cm³/mol. The molecule has 1 aromatic rings. The maximum atomic E-state index is 13.4. The molecule has 13 heavy (non-hydrogen) atoms. The van der Waals surface area contributed by atoms with Crippen LogP contribution in [-0.2, 0) is 10.2 Å². The molecule has 0 unspecified atom stereocenters. The van der Waals surface area contributed by atoms with Gasteiger partial charge in [-0.3, -0.25) is 0 Å². The molecule has 2 nitrogen and oxygen atoms in total. The number of hydrogen-bond donors (Lipinski definition) is 1. The van der Waals surface area contributed by atoms with Crippen LogP contribution in [0.2, 0.25) is 0 Å². The van der Waals surface area contributed by atoms with Crippen molar-refractivity contribution in [3.8, 4) is 0 Å². The van der Waals surface area contributed by atoms with Crippen LogP contribution in [-0.4, -0.2) is 19.8 Å². The van der Waals surface area contributed by atoms with Crippen LogP contribution >= 0.6 is 0 Å². The van der Waals surface area contributed by atoms with E-state index >= 15 is 0 Å². The monoisotopic (exact) mass is 181 g/mol. The fourth-order valence-electron chi connectivity index (χ4n) is 1.62. The van der Waals surface area contributed by atoms with Crippen molar-refractivity contribution in [1.29, 1.82) is 0 Å².